The Kier molecular flexibility index (Phi) is 8.66. The summed E-state index contributed by atoms with van der Waals surface area (Å²) in [6.07, 6.45) is 0.760. The lowest BCUT2D eigenvalue weighted by Crippen LogP contribution is -2.39. The molecule has 0 radical (unpaired) electrons. The van der Waals surface area contributed by atoms with Crippen molar-refractivity contribution in [1.82, 2.24) is 10.3 Å². The SMILES string of the molecule is Cc1ccc2c3c(ccc2n1)OC[C@H](CNCCCOc1ccc2c(c1)NC(=O)CO2)O3.Cl.Cl. The minimum atomic E-state index is -0.158. The Balaban J connectivity index is 0.00000162. The van der Waals surface area contributed by atoms with E-state index in [1.165, 1.54) is 0 Å². The Hall–Kier alpha value is -2.94. The molecule has 3 heterocycles. The Bertz CT molecular complexity index is 1160. The molecule has 2 aromatic carbocycles. The number of hydrogen-bond acceptors (Lipinski definition) is 7. The van der Waals surface area contributed by atoms with Crippen LogP contribution >= 0.6 is 24.8 Å². The number of halogens is 2. The second-order valence-corrected chi connectivity index (χ2v) is 7.86. The van der Waals surface area contributed by atoms with Crippen molar-refractivity contribution in [3.8, 4) is 23.0 Å². The highest BCUT2D eigenvalue weighted by atomic mass is 35.5. The lowest BCUT2D eigenvalue weighted by molar-refractivity contribution is -0.118. The largest absolute Gasteiger partial charge is 0.493 e. The van der Waals surface area contributed by atoms with Crippen LogP contribution in [-0.4, -0.2) is 49.9 Å². The number of pyridine rings is 1. The first-order valence-electron chi connectivity index (χ1n) is 10.8. The Labute approximate surface area is 210 Å². The van der Waals surface area contributed by atoms with E-state index < -0.39 is 0 Å². The first kappa shape index (κ1) is 25.7. The highest BCUT2D eigenvalue weighted by Crippen LogP contribution is 2.38. The number of nitrogens with one attached hydrogen (secondary N) is 2. The smallest absolute Gasteiger partial charge is 0.262 e. The van der Waals surface area contributed by atoms with E-state index >= 15 is 0 Å². The van der Waals surface area contributed by atoms with E-state index in [1.54, 1.807) is 12.1 Å². The molecule has 2 aliphatic heterocycles. The third-order valence-corrected chi connectivity index (χ3v) is 5.36. The summed E-state index contributed by atoms with van der Waals surface area (Å²) < 4.78 is 23.3. The van der Waals surface area contributed by atoms with E-state index in [1.807, 2.05) is 37.3 Å². The molecule has 2 N–H and O–H groups in total. The number of fused-ring (bicyclic) bond motifs is 4. The molecule has 5 rings (SSSR count). The molecule has 0 fully saturated rings. The maximum absolute atomic E-state index is 11.4. The number of aromatic nitrogens is 1. The maximum Gasteiger partial charge on any atom is 0.262 e. The molecular formula is C24H27Cl2N3O5. The Morgan fingerprint density at radius 3 is 2.85 bits per heavy atom. The van der Waals surface area contributed by atoms with Crippen LogP contribution < -0.4 is 29.6 Å². The standard InChI is InChI=1S/C24H25N3O5.2ClH/c1-15-3-5-18-19(26-15)6-8-22-24(18)32-17(13-30-22)12-25-9-2-10-29-16-4-7-21-20(11-16)27-23(28)14-31-21;;/h3-8,11,17,25H,2,9-10,12-14H2,1H3,(H,27,28);2*1H/t17-;;/m0../s1. The zero-order valence-corrected chi connectivity index (χ0v) is 20.3. The number of amides is 1. The fraction of sp³-hybridized carbons (Fsp3) is 0.333. The molecule has 0 saturated carbocycles. The van der Waals surface area contributed by atoms with Gasteiger partial charge in [0.05, 0.1) is 17.8 Å². The zero-order valence-electron chi connectivity index (χ0n) is 18.7. The predicted octanol–water partition coefficient (Wildman–Crippen LogP) is 3.92. The Morgan fingerprint density at radius 2 is 1.97 bits per heavy atom. The zero-order chi connectivity index (χ0) is 21.9. The molecule has 10 heteroatoms. The van der Waals surface area contributed by atoms with Gasteiger partial charge in [0.15, 0.2) is 18.1 Å². The highest BCUT2D eigenvalue weighted by molar-refractivity contribution is 5.95. The number of carbonyl (C=O) groups is 1. The minimum Gasteiger partial charge on any atom is -0.493 e. The van der Waals surface area contributed by atoms with Gasteiger partial charge in [-0.2, -0.15) is 0 Å². The van der Waals surface area contributed by atoms with Gasteiger partial charge in [-0.1, -0.05) is 0 Å². The number of benzene rings is 2. The summed E-state index contributed by atoms with van der Waals surface area (Å²) in [7, 11) is 0. The molecule has 1 aromatic heterocycles. The summed E-state index contributed by atoms with van der Waals surface area (Å²) in [6, 6.07) is 13.3. The average Bonchev–Trinajstić information content (AvgIpc) is 2.80. The third kappa shape index (κ3) is 5.75. The molecule has 1 amide bonds. The summed E-state index contributed by atoms with van der Waals surface area (Å²) in [5, 5.41) is 7.16. The third-order valence-electron chi connectivity index (χ3n) is 5.36. The minimum absolute atomic E-state index is 0. The number of aryl methyl sites for hydroxylation is 1. The molecule has 0 spiro atoms. The van der Waals surface area contributed by atoms with E-state index in [2.05, 4.69) is 15.6 Å². The summed E-state index contributed by atoms with van der Waals surface area (Å²) in [4.78, 5) is 16.0. The van der Waals surface area contributed by atoms with Gasteiger partial charge in [0, 0.05) is 23.7 Å². The van der Waals surface area contributed by atoms with Crippen molar-refractivity contribution in [2.24, 2.45) is 0 Å². The van der Waals surface area contributed by atoms with Crippen LogP contribution in [0.5, 0.6) is 23.0 Å². The molecule has 182 valence electrons. The molecule has 3 aromatic rings. The van der Waals surface area contributed by atoms with Crippen LogP contribution in [0.1, 0.15) is 12.1 Å². The van der Waals surface area contributed by atoms with Crippen molar-refractivity contribution in [2.75, 3.05) is 38.2 Å². The molecule has 0 saturated heterocycles. The molecule has 8 nitrogen and oxygen atoms in total. The monoisotopic (exact) mass is 507 g/mol. The molecule has 2 aliphatic rings. The second kappa shape index (κ2) is 11.5. The second-order valence-electron chi connectivity index (χ2n) is 7.86. The molecule has 0 bridgehead atoms. The molecule has 0 unspecified atom stereocenters. The number of hydrogen-bond donors (Lipinski definition) is 2. The lowest BCUT2D eigenvalue weighted by atomic mass is 10.1. The summed E-state index contributed by atoms with van der Waals surface area (Å²) in [5.41, 5.74) is 2.53. The van der Waals surface area contributed by atoms with Crippen molar-refractivity contribution in [1.29, 1.82) is 0 Å². The maximum atomic E-state index is 11.4. The first-order valence-corrected chi connectivity index (χ1v) is 10.8. The van der Waals surface area contributed by atoms with Crippen LogP contribution in [0.15, 0.2) is 42.5 Å². The molecule has 0 aliphatic carbocycles. The van der Waals surface area contributed by atoms with Crippen LogP contribution in [0, 0.1) is 6.92 Å². The first-order chi connectivity index (χ1) is 15.7. The van der Waals surface area contributed by atoms with E-state index in [-0.39, 0.29) is 43.4 Å². The van der Waals surface area contributed by atoms with Crippen LogP contribution in [-0.2, 0) is 4.79 Å². The fourth-order valence-electron chi connectivity index (χ4n) is 3.78. The predicted molar refractivity (Wildman–Crippen MR) is 134 cm³/mol. The summed E-state index contributed by atoms with van der Waals surface area (Å²) in [6.45, 7) is 4.55. The number of nitrogens with zero attached hydrogens (tertiary/aromatic N) is 1. The van der Waals surface area contributed by atoms with Gasteiger partial charge in [-0.25, -0.2) is 0 Å². The summed E-state index contributed by atoms with van der Waals surface area (Å²) in [5.74, 6) is 2.73. The van der Waals surface area contributed by atoms with E-state index in [9.17, 15) is 4.79 Å². The highest BCUT2D eigenvalue weighted by Gasteiger charge is 2.23. The van der Waals surface area contributed by atoms with E-state index in [0.717, 1.165) is 41.1 Å². The quantitative estimate of drug-likeness (QED) is 0.468. The average molecular weight is 508 g/mol. The fourth-order valence-corrected chi connectivity index (χ4v) is 3.78. The van der Waals surface area contributed by atoms with Gasteiger partial charge < -0.3 is 29.6 Å². The topological polar surface area (TPSA) is 90.9 Å². The van der Waals surface area contributed by atoms with Crippen LogP contribution in [0.4, 0.5) is 5.69 Å². The van der Waals surface area contributed by atoms with Gasteiger partial charge >= 0.3 is 0 Å². The van der Waals surface area contributed by atoms with Gasteiger partial charge in [0.25, 0.3) is 5.91 Å². The van der Waals surface area contributed by atoms with Crippen LogP contribution in [0.3, 0.4) is 0 Å². The van der Waals surface area contributed by atoms with Crippen molar-refractivity contribution in [3.05, 3.63) is 48.2 Å². The number of rotatable bonds is 7. The normalized spacial score (nSPS) is 15.8. The van der Waals surface area contributed by atoms with Crippen molar-refractivity contribution < 1.29 is 23.7 Å². The van der Waals surface area contributed by atoms with Crippen LogP contribution in [0.2, 0.25) is 0 Å². The van der Waals surface area contributed by atoms with E-state index in [0.29, 0.717) is 36.9 Å². The summed E-state index contributed by atoms with van der Waals surface area (Å²) >= 11 is 0. The number of ether oxygens (including phenoxy) is 4. The van der Waals surface area contributed by atoms with Gasteiger partial charge in [-0.05, 0) is 56.3 Å². The van der Waals surface area contributed by atoms with Gasteiger partial charge in [0.1, 0.15) is 24.2 Å². The van der Waals surface area contributed by atoms with Crippen LogP contribution in [0.25, 0.3) is 10.9 Å². The van der Waals surface area contributed by atoms with E-state index in [4.69, 9.17) is 18.9 Å². The van der Waals surface area contributed by atoms with Crippen molar-refractivity contribution in [3.63, 3.8) is 0 Å². The molecular weight excluding hydrogens is 481 g/mol. The lowest BCUT2D eigenvalue weighted by Gasteiger charge is -2.27. The number of carbonyl (C=O) groups excluding carboxylic acids is 1. The van der Waals surface area contributed by atoms with Gasteiger partial charge in [0.2, 0.25) is 0 Å². The number of anilines is 1. The molecule has 1 atom stereocenters. The van der Waals surface area contributed by atoms with Crippen molar-refractivity contribution in [2.45, 2.75) is 19.4 Å². The molecule has 34 heavy (non-hydrogen) atoms. The van der Waals surface area contributed by atoms with Gasteiger partial charge in [-0.3, -0.25) is 9.78 Å². The van der Waals surface area contributed by atoms with Crippen molar-refractivity contribution >= 4 is 47.3 Å². The van der Waals surface area contributed by atoms with Gasteiger partial charge in [-0.15, -0.1) is 24.8 Å². The Morgan fingerprint density at radius 1 is 1.12 bits per heavy atom.